The summed E-state index contributed by atoms with van der Waals surface area (Å²) in [6.45, 7) is 7.94. The SMILES string of the molecule is CCOc1cc(C2c3cc(c(OC)cc3O)C(c3ccc(O)c(OCC)c3)c3cc(c(OC)cc3O)C(c3ccc(O)c(OCC)c3)c3cc(c(OC)cc3O)C(c3ccc(O)c(OCC)c3)c3cc2c(OC)cc3O)ccc1O. The van der Waals surface area contributed by atoms with E-state index in [1.54, 1.807) is 100 Å². The van der Waals surface area contributed by atoms with E-state index in [1.807, 2.05) is 0 Å². The number of hydrogen-bond acceptors (Lipinski definition) is 16. The van der Waals surface area contributed by atoms with E-state index in [0.29, 0.717) is 44.5 Å². The molecular weight excluding hydrogens is 1020 g/mol. The smallest absolute Gasteiger partial charge is 0.161 e. The number of fused-ring (bicyclic) bond motifs is 8. The number of ether oxygens (including phenoxy) is 8. The number of methoxy groups -OCH3 is 4. The van der Waals surface area contributed by atoms with Crippen molar-refractivity contribution in [1.29, 1.82) is 0 Å². The molecule has 16 nitrogen and oxygen atoms in total. The molecule has 1 aliphatic rings. The van der Waals surface area contributed by atoms with Gasteiger partial charge in [-0.15, -0.1) is 0 Å². The molecule has 80 heavy (non-hydrogen) atoms. The molecule has 9 rings (SSSR count). The van der Waals surface area contributed by atoms with Crippen LogP contribution in [0.15, 0.2) is 121 Å². The molecule has 0 fully saturated rings. The molecule has 1 aliphatic carbocycles. The van der Waals surface area contributed by atoms with E-state index in [-0.39, 0.29) is 141 Å². The van der Waals surface area contributed by atoms with Gasteiger partial charge in [-0.3, -0.25) is 0 Å². The Morgan fingerprint density at radius 1 is 0.250 bits per heavy atom. The lowest BCUT2D eigenvalue weighted by atomic mass is 9.75. The van der Waals surface area contributed by atoms with Crippen molar-refractivity contribution in [1.82, 2.24) is 0 Å². The molecule has 16 heteroatoms. The highest BCUT2D eigenvalue weighted by Crippen LogP contribution is 2.55. The van der Waals surface area contributed by atoms with Gasteiger partial charge in [0, 0.05) is 92.4 Å². The molecule has 8 aromatic rings. The Morgan fingerprint density at radius 2 is 0.450 bits per heavy atom. The molecule has 0 aromatic heterocycles. The van der Waals surface area contributed by atoms with Gasteiger partial charge in [-0.1, -0.05) is 24.3 Å². The van der Waals surface area contributed by atoms with Gasteiger partial charge >= 0.3 is 0 Å². The second-order valence-corrected chi connectivity index (χ2v) is 19.0. The fourth-order valence-corrected chi connectivity index (χ4v) is 11.0. The Hall–Kier alpha value is -9.44. The molecule has 0 spiro atoms. The van der Waals surface area contributed by atoms with Crippen LogP contribution in [-0.4, -0.2) is 95.7 Å². The van der Waals surface area contributed by atoms with Crippen LogP contribution in [-0.2, 0) is 0 Å². The van der Waals surface area contributed by atoms with Crippen LogP contribution in [0.25, 0.3) is 0 Å². The summed E-state index contributed by atoms with van der Waals surface area (Å²) in [6.07, 6.45) is 0. The van der Waals surface area contributed by atoms with E-state index in [2.05, 4.69) is 0 Å². The van der Waals surface area contributed by atoms with E-state index >= 15 is 0 Å². The maximum atomic E-state index is 12.6. The molecule has 0 aliphatic heterocycles. The molecule has 8 bridgehead atoms. The average Bonchev–Trinajstić information content (AvgIpc) is 3.48. The van der Waals surface area contributed by atoms with Crippen LogP contribution in [0.4, 0.5) is 0 Å². The van der Waals surface area contributed by atoms with E-state index < -0.39 is 23.7 Å². The fourth-order valence-electron chi connectivity index (χ4n) is 11.0. The molecule has 0 saturated carbocycles. The quantitative estimate of drug-likeness (QED) is 0.0449. The van der Waals surface area contributed by atoms with Crippen molar-refractivity contribution in [3.05, 3.63) is 188 Å². The van der Waals surface area contributed by atoms with Gasteiger partial charge in [0.05, 0.1) is 54.9 Å². The van der Waals surface area contributed by atoms with Crippen molar-refractivity contribution in [3.63, 3.8) is 0 Å². The van der Waals surface area contributed by atoms with Crippen molar-refractivity contribution < 1.29 is 78.7 Å². The molecule has 0 heterocycles. The average molecular weight is 1090 g/mol. The number of phenols is 8. The highest BCUT2D eigenvalue weighted by Gasteiger charge is 2.37. The minimum Gasteiger partial charge on any atom is -0.507 e. The Morgan fingerprint density at radius 3 is 0.625 bits per heavy atom. The van der Waals surface area contributed by atoms with Crippen LogP contribution in [0, 0.1) is 0 Å². The number of rotatable bonds is 16. The highest BCUT2D eigenvalue weighted by atomic mass is 16.5. The summed E-state index contributed by atoms with van der Waals surface area (Å²) in [5, 5.41) is 95.2. The standard InChI is InChI=1S/C64H64O16/c1-9-77-57-21-33(13-17-45(57)65)61-37-25-42(54(74-6)29-49(37)69)63(35-15-19-47(67)59(23-35)79-11-3)39-27-44(56(76-8)31-51(39)71)64(36-16-20-48(68)60(24-36)80-12-4)40-28-43(55(75-7)32-52(40)72)62(34-14-18-46(66)58(22-34)78-10-2)38-26-41(61)53(73-5)30-50(38)70/h13-32,61-72H,9-12H2,1-8H3. The Kier molecular flexibility index (Phi) is 16.1. The van der Waals surface area contributed by atoms with Gasteiger partial charge in [0.1, 0.15) is 46.0 Å². The van der Waals surface area contributed by atoms with Gasteiger partial charge in [-0.25, -0.2) is 0 Å². The third kappa shape index (κ3) is 10.3. The monoisotopic (exact) mass is 1090 g/mol. The summed E-state index contributed by atoms with van der Waals surface area (Å²) in [5.74, 6) is -4.32. The number of aromatic hydroxyl groups is 8. The highest BCUT2D eigenvalue weighted by molar-refractivity contribution is 5.69. The van der Waals surface area contributed by atoms with Gasteiger partial charge < -0.3 is 78.7 Å². The van der Waals surface area contributed by atoms with Crippen LogP contribution in [0.3, 0.4) is 0 Å². The molecule has 0 saturated heterocycles. The number of hydrogen-bond donors (Lipinski definition) is 8. The minimum atomic E-state index is -1.03. The summed E-state index contributed by atoms with van der Waals surface area (Å²) < 4.78 is 48.5. The van der Waals surface area contributed by atoms with Crippen molar-refractivity contribution >= 4 is 0 Å². The normalized spacial score (nSPS) is 15.6. The molecule has 416 valence electrons. The molecule has 0 amide bonds. The molecule has 0 radical (unpaired) electrons. The largest absolute Gasteiger partial charge is 0.507 e. The topological polar surface area (TPSA) is 236 Å². The zero-order valence-electron chi connectivity index (χ0n) is 45.5. The van der Waals surface area contributed by atoms with Gasteiger partial charge in [0.2, 0.25) is 0 Å². The molecule has 8 aromatic carbocycles. The Balaban J connectivity index is 1.54. The van der Waals surface area contributed by atoms with Crippen LogP contribution in [0.1, 0.15) is 118 Å². The third-order valence-electron chi connectivity index (χ3n) is 14.5. The van der Waals surface area contributed by atoms with Crippen molar-refractivity contribution in [2.45, 2.75) is 51.4 Å². The lowest BCUT2D eigenvalue weighted by Gasteiger charge is -2.31. The first kappa shape index (κ1) is 55.3. The van der Waals surface area contributed by atoms with E-state index in [4.69, 9.17) is 37.9 Å². The van der Waals surface area contributed by atoms with Crippen LogP contribution >= 0.6 is 0 Å². The lowest BCUT2D eigenvalue weighted by Crippen LogP contribution is -2.15. The first-order valence-corrected chi connectivity index (χ1v) is 26.1. The second-order valence-electron chi connectivity index (χ2n) is 19.0. The summed E-state index contributed by atoms with van der Waals surface area (Å²) >= 11 is 0. The lowest BCUT2D eigenvalue weighted by molar-refractivity contribution is 0.317. The summed E-state index contributed by atoms with van der Waals surface area (Å²) in [4.78, 5) is 0. The molecule has 4 atom stereocenters. The first-order valence-electron chi connectivity index (χ1n) is 26.1. The maximum Gasteiger partial charge on any atom is 0.161 e. The van der Waals surface area contributed by atoms with E-state index in [1.165, 1.54) is 77.0 Å². The summed E-state index contributed by atoms with van der Waals surface area (Å²) in [6, 6.07) is 32.2. The summed E-state index contributed by atoms with van der Waals surface area (Å²) in [5.41, 5.74) is 4.67. The van der Waals surface area contributed by atoms with Gasteiger partial charge in [-0.2, -0.15) is 0 Å². The Bertz CT molecular complexity index is 3120. The fraction of sp³-hybridized carbons (Fsp3) is 0.250. The van der Waals surface area contributed by atoms with Gasteiger partial charge in [0.15, 0.2) is 46.0 Å². The zero-order valence-corrected chi connectivity index (χ0v) is 45.5. The molecule has 8 N–H and O–H groups in total. The third-order valence-corrected chi connectivity index (χ3v) is 14.5. The molecular formula is C64H64O16. The number of benzene rings is 8. The van der Waals surface area contributed by atoms with Crippen LogP contribution in [0.5, 0.6) is 92.0 Å². The van der Waals surface area contributed by atoms with Gasteiger partial charge in [-0.05, 0) is 123 Å². The van der Waals surface area contributed by atoms with E-state index in [0.717, 1.165) is 0 Å². The van der Waals surface area contributed by atoms with Crippen molar-refractivity contribution in [3.8, 4) is 92.0 Å². The second kappa shape index (κ2) is 23.3. The predicted octanol–water partition coefficient (Wildman–Crippen LogP) is 12.0. The van der Waals surface area contributed by atoms with Crippen molar-refractivity contribution in [2.24, 2.45) is 0 Å². The zero-order chi connectivity index (χ0) is 57.1. The first-order chi connectivity index (χ1) is 38.6. The number of phenolic OH excluding ortho intramolecular Hbond substituents is 8. The predicted molar refractivity (Wildman–Crippen MR) is 300 cm³/mol. The Labute approximate surface area is 463 Å². The maximum absolute atomic E-state index is 12.6. The van der Waals surface area contributed by atoms with E-state index in [9.17, 15) is 40.9 Å². The van der Waals surface area contributed by atoms with Crippen LogP contribution < -0.4 is 37.9 Å². The van der Waals surface area contributed by atoms with Crippen molar-refractivity contribution in [2.75, 3.05) is 54.9 Å². The van der Waals surface area contributed by atoms with Crippen LogP contribution in [0.2, 0.25) is 0 Å². The summed E-state index contributed by atoms with van der Waals surface area (Å²) in [7, 11) is 5.80. The van der Waals surface area contributed by atoms with Gasteiger partial charge in [0.25, 0.3) is 0 Å². The minimum absolute atomic E-state index is 0.141. The molecule has 4 unspecified atom stereocenters.